The number of esters is 2. The number of nitrogens with one attached hydrogen (secondary N) is 1. The predicted molar refractivity (Wildman–Crippen MR) is 234 cm³/mol. The molecule has 6 rings (SSSR count). The number of rotatable bonds is 12. The normalized spacial score (nSPS) is 20.6. The van der Waals surface area contributed by atoms with Gasteiger partial charge >= 0.3 is 11.9 Å². The number of hydrogen-bond donors (Lipinski definition) is 3. The van der Waals surface area contributed by atoms with Gasteiger partial charge < -0.3 is 39.4 Å². The molecule has 2 saturated carbocycles. The van der Waals surface area contributed by atoms with Gasteiger partial charge in [0.25, 0.3) is 11.1 Å². The maximum Gasteiger partial charge on any atom is 0.308 e. The summed E-state index contributed by atoms with van der Waals surface area (Å²) in [5.41, 5.74) is 0.580. The summed E-state index contributed by atoms with van der Waals surface area (Å²) in [4.78, 5) is 47.5. The molecule has 2 aliphatic carbocycles. The fourth-order valence-corrected chi connectivity index (χ4v) is 8.30. The van der Waals surface area contributed by atoms with Gasteiger partial charge in [-0.3, -0.25) is 19.2 Å². The highest BCUT2D eigenvalue weighted by Gasteiger charge is 2.42. The Labute approximate surface area is 364 Å². The van der Waals surface area contributed by atoms with Crippen LogP contribution in [0.5, 0.6) is 23.0 Å². The van der Waals surface area contributed by atoms with Gasteiger partial charge in [-0.1, -0.05) is 74.2 Å². The summed E-state index contributed by atoms with van der Waals surface area (Å²) >= 11 is 5.26. The number of amides is 1. The Bertz CT molecular complexity index is 2090. The molecule has 12 nitrogen and oxygen atoms in total. The van der Waals surface area contributed by atoms with Gasteiger partial charge in [-0.15, -0.1) is 0 Å². The third kappa shape index (κ3) is 13.1. The molecular formula is C48H59ClN2O10. The van der Waals surface area contributed by atoms with Crippen molar-refractivity contribution in [3.8, 4) is 23.0 Å². The van der Waals surface area contributed by atoms with Gasteiger partial charge in [0.2, 0.25) is 0 Å². The fourth-order valence-electron chi connectivity index (χ4n) is 8.14. The molecule has 4 atom stereocenters. The number of carbonyl (C=O) groups is 4. The fraction of sp³-hybridized carbons (Fsp3) is 0.417. The zero-order valence-corrected chi connectivity index (χ0v) is 36.7. The van der Waals surface area contributed by atoms with Gasteiger partial charge in [-0.25, -0.2) is 0 Å². The van der Waals surface area contributed by atoms with Gasteiger partial charge in [0.1, 0.15) is 23.0 Å². The topological polar surface area (TPSA) is 161 Å². The number of aliphatic hydroxyl groups is 2. The van der Waals surface area contributed by atoms with E-state index >= 15 is 0 Å². The highest BCUT2D eigenvalue weighted by molar-refractivity contribution is 6.68. The molecular weight excluding hydrogens is 800 g/mol. The molecule has 4 unspecified atom stereocenters. The van der Waals surface area contributed by atoms with Crippen LogP contribution in [-0.4, -0.2) is 79.6 Å². The lowest BCUT2D eigenvalue weighted by Crippen LogP contribution is -2.45. The Morgan fingerprint density at radius 3 is 1.62 bits per heavy atom. The van der Waals surface area contributed by atoms with Crippen LogP contribution in [0.15, 0.2) is 97.1 Å². The zero-order valence-electron chi connectivity index (χ0n) is 35.9. The van der Waals surface area contributed by atoms with Crippen LogP contribution in [0.2, 0.25) is 0 Å². The minimum atomic E-state index is -1.03. The third-order valence-corrected chi connectivity index (χ3v) is 11.4. The predicted octanol–water partition coefficient (Wildman–Crippen LogP) is 8.05. The van der Waals surface area contributed by atoms with E-state index in [2.05, 4.69) is 5.32 Å². The molecule has 0 bridgehead atoms. The Morgan fingerprint density at radius 2 is 1.15 bits per heavy atom. The molecule has 0 heterocycles. The van der Waals surface area contributed by atoms with E-state index in [4.69, 9.17) is 30.5 Å². The average molecular weight is 859 g/mol. The van der Waals surface area contributed by atoms with Crippen LogP contribution >= 0.6 is 11.6 Å². The summed E-state index contributed by atoms with van der Waals surface area (Å²) in [5, 5.41) is 25.3. The number of ether oxygens (including phenoxy) is 4. The maximum absolute atomic E-state index is 13.1. The summed E-state index contributed by atoms with van der Waals surface area (Å²) in [6, 6.07) is 28.4. The first-order valence-corrected chi connectivity index (χ1v) is 20.9. The van der Waals surface area contributed by atoms with E-state index < -0.39 is 28.4 Å². The van der Waals surface area contributed by atoms with Crippen molar-refractivity contribution in [1.82, 2.24) is 10.2 Å². The van der Waals surface area contributed by atoms with Gasteiger partial charge in [0.05, 0.1) is 36.5 Å². The second kappa shape index (κ2) is 23.1. The third-order valence-electron chi connectivity index (χ3n) is 11.2. The average Bonchev–Trinajstić information content (AvgIpc) is 3.25. The van der Waals surface area contributed by atoms with Gasteiger partial charge in [0, 0.05) is 45.8 Å². The summed E-state index contributed by atoms with van der Waals surface area (Å²) in [6.07, 6.45) is 7.60. The van der Waals surface area contributed by atoms with Crippen LogP contribution in [-0.2, 0) is 20.8 Å². The van der Waals surface area contributed by atoms with Crippen LogP contribution in [0.25, 0.3) is 0 Å². The van der Waals surface area contributed by atoms with Crippen molar-refractivity contribution in [2.45, 2.75) is 76.4 Å². The Morgan fingerprint density at radius 1 is 0.689 bits per heavy atom. The van der Waals surface area contributed by atoms with Gasteiger partial charge in [-0.05, 0) is 104 Å². The molecule has 2 fully saturated rings. The van der Waals surface area contributed by atoms with E-state index in [1.54, 1.807) is 62.6 Å². The molecule has 4 aromatic carbocycles. The molecule has 0 saturated heterocycles. The first-order chi connectivity index (χ1) is 29.2. The van der Waals surface area contributed by atoms with E-state index in [1.165, 1.54) is 32.4 Å². The molecule has 61 heavy (non-hydrogen) atoms. The minimum Gasteiger partial charge on any atom is -0.497 e. The van der Waals surface area contributed by atoms with Crippen LogP contribution in [0.1, 0.15) is 97.1 Å². The Balaban J connectivity index is 0.000000223. The molecule has 0 aromatic heterocycles. The van der Waals surface area contributed by atoms with Crippen molar-refractivity contribution in [2.75, 3.05) is 41.4 Å². The molecule has 4 aromatic rings. The number of benzene rings is 4. The van der Waals surface area contributed by atoms with E-state index in [1.807, 2.05) is 55.6 Å². The second-order valence-electron chi connectivity index (χ2n) is 15.4. The number of nitrogens with zero attached hydrogens (tertiary/aromatic N) is 1. The highest BCUT2D eigenvalue weighted by atomic mass is 35.5. The lowest BCUT2D eigenvalue weighted by Gasteiger charge is -2.42. The highest BCUT2D eigenvalue weighted by Crippen LogP contribution is 2.44. The Kier molecular flexibility index (Phi) is 18.3. The van der Waals surface area contributed by atoms with Crippen molar-refractivity contribution in [3.63, 3.8) is 0 Å². The molecule has 0 aliphatic heterocycles. The zero-order chi connectivity index (χ0) is 44.6. The quantitative estimate of drug-likeness (QED) is 0.0719. The lowest BCUT2D eigenvalue weighted by molar-refractivity contribution is -0.132. The summed E-state index contributed by atoms with van der Waals surface area (Å²) in [6.45, 7) is 3.81. The summed E-state index contributed by atoms with van der Waals surface area (Å²) < 4.78 is 20.5. The first kappa shape index (κ1) is 48.4. The Hall–Kier alpha value is -5.27. The number of halogens is 1. The van der Waals surface area contributed by atoms with Crippen molar-refractivity contribution >= 4 is 34.7 Å². The summed E-state index contributed by atoms with van der Waals surface area (Å²) in [5.74, 6) is 0.910. The van der Waals surface area contributed by atoms with E-state index in [9.17, 15) is 29.4 Å². The van der Waals surface area contributed by atoms with Crippen LogP contribution in [0.3, 0.4) is 0 Å². The van der Waals surface area contributed by atoms with Crippen LogP contribution in [0.4, 0.5) is 0 Å². The molecule has 0 spiro atoms. The molecule has 0 radical (unpaired) electrons. The van der Waals surface area contributed by atoms with Crippen molar-refractivity contribution in [1.29, 1.82) is 0 Å². The molecule has 3 N–H and O–H groups in total. The number of para-hydroxylation sites is 2. The van der Waals surface area contributed by atoms with Crippen LogP contribution < -0.4 is 24.3 Å². The number of carbonyl (C=O) groups excluding carboxylic acids is 4. The monoisotopic (exact) mass is 858 g/mol. The van der Waals surface area contributed by atoms with Gasteiger partial charge in [0.15, 0.2) is 0 Å². The molecule has 2 aliphatic rings. The number of methoxy groups -OCH3 is 2. The SMILES string of the molecule is CC(=O)Oc1ccccc1C(=O)Cl.CNCC1CCCCC1(O)c1cccc(OC)c1.COc1cccc(C2(O)CCCCC2CN(C)C(=O)c2ccccc2OC(C)=O)c1. The van der Waals surface area contributed by atoms with Gasteiger partial charge in [-0.2, -0.15) is 0 Å². The second-order valence-corrected chi connectivity index (χ2v) is 15.7. The lowest BCUT2D eigenvalue weighted by atomic mass is 9.71. The van der Waals surface area contributed by atoms with E-state index in [0.29, 0.717) is 24.3 Å². The number of hydrogen-bond acceptors (Lipinski definition) is 11. The van der Waals surface area contributed by atoms with Crippen molar-refractivity contribution in [2.24, 2.45) is 11.8 Å². The first-order valence-electron chi connectivity index (χ1n) is 20.5. The smallest absolute Gasteiger partial charge is 0.308 e. The molecule has 13 heteroatoms. The minimum absolute atomic E-state index is 0.117. The standard InChI is InChI=1S/C24H29NO5.C15H23NO2.C9H7ClO3/c1-17(26)30-22-13-5-4-12-21(22)23(27)25(2)16-19-9-6-7-14-24(19,28)18-10-8-11-20(15-18)29-3;1-16-11-13-6-3-4-9-15(13,17)12-7-5-8-14(10-12)18-2;1-6(11)13-8-5-3-2-4-7(8)9(10)12/h4-5,8,10-13,15,19,28H,6-7,9,14,16H2,1-3H3;5,7-8,10,13,16-17H,3-4,6,9,11H2,1-2H3;2-5H,1H3. The van der Waals surface area contributed by atoms with Crippen molar-refractivity contribution in [3.05, 3.63) is 119 Å². The van der Waals surface area contributed by atoms with Crippen molar-refractivity contribution < 1.29 is 48.3 Å². The summed E-state index contributed by atoms with van der Waals surface area (Å²) in [7, 11) is 6.93. The van der Waals surface area contributed by atoms with E-state index in [-0.39, 0.29) is 34.8 Å². The molecule has 328 valence electrons. The largest absolute Gasteiger partial charge is 0.497 e. The van der Waals surface area contributed by atoms with E-state index in [0.717, 1.165) is 61.9 Å². The van der Waals surface area contributed by atoms with Crippen LogP contribution in [0, 0.1) is 11.8 Å². The maximum atomic E-state index is 13.1. The molecule has 1 amide bonds.